The average Bonchev–Trinajstić information content (AvgIpc) is 2.40. The molecule has 0 saturated heterocycles. The first-order valence-electron chi connectivity index (χ1n) is 6.96. The Labute approximate surface area is 121 Å². The van der Waals surface area contributed by atoms with Gasteiger partial charge in [-0.15, -0.1) is 0 Å². The first-order chi connectivity index (χ1) is 9.42. The van der Waals surface area contributed by atoms with Crippen molar-refractivity contribution in [2.24, 2.45) is 11.8 Å². The molecule has 0 aromatic carbocycles. The fourth-order valence-electron chi connectivity index (χ4n) is 1.74. The van der Waals surface area contributed by atoms with E-state index in [1.807, 2.05) is 13.8 Å². The summed E-state index contributed by atoms with van der Waals surface area (Å²) in [5, 5.41) is 8.64. The van der Waals surface area contributed by atoms with Gasteiger partial charge in [0.25, 0.3) is 0 Å². The molecule has 0 aromatic rings. The maximum atomic E-state index is 12.1. The van der Waals surface area contributed by atoms with Gasteiger partial charge in [0.2, 0.25) is 5.91 Å². The van der Waals surface area contributed by atoms with Crippen LogP contribution < -0.4 is 0 Å². The van der Waals surface area contributed by atoms with Crippen molar-refractivity contribution in [3.63, 3.8) is 0 Å². The van der Waals surface area contributed by atoms with Gasteiger partial charge in [0.05, 0.1) is 32.8 Å². The zero-order chi connectivity index (χ0) is 15.5. The number of nitrogens with zero attached hydrogens (tertiary/aromatic N) is 1. The van der Waals surface area contributed by atoms with E-state index in [0.29, 0.717) is 26.1 Å². The SMILES string of the molecule is COC(=O)C(C)CN(CCOCCO)C(=O)CC(C)C. The minimum Gasteiger partial charge on any atom is -0.469 e. The second-order valence-electron chi connectivity index (χ2n) is 5.20. The summed E-state index contributed by atoms with van der Waals surface area (Å²) >= 11 is 0. The maximum Gasteiger partial charge on any atom is 0.310 e. The van der Waals surface area contributed by atoms with E-state index in [1.165, 1.54) is 7.11 Å². The number of ether oxygens (including phenoxy) is 2. The molecule has 1 unspecified atom stereocenters. The van der Waals surface area contributed by atoms with Crippen LogP contribution in [0.25, 0.3) is 0 Å². The fraction of sp³-hybridized carbons (Fsp3) is 0.857. The topological polar surface area (TPSA) is 76.1 Å². The number of aliphatic hydroxyl groups excluding tert-OH is 1. The van der Waals surface area contributed by atoms with Gasteiger partial charge in [-0.1, -0.05) is 20.8 Å². The van der Waals surface area contributed by atoms with E-state index in [2.05, 4.69) is 4.74 Å². The highest BCUT2D eigenvalue weighted by atomic mass is 16.5. The molecule has 1 atom stereocenters. The van der Waals surface area contributed by atoms with E-state index in [9.17, 15) is 9.59 Å². The Hall–Kier alpha value is -1.14. The lowest BCUT2D eigenvalue weighted by Gasteiger charge is -2.25. The molecule has 0 aromatic heterocycles. The normalized spacial score (nSPS) is 12.3. The van der Waals surface area contributed by atoms with E-state index in [4.69, 9.17) is 9.84 Å². The molecule has 0 aliphatic carbocycles. The Kier molecular flexibility index (Phi) is 10.0. The number of aliphatic hydroxyl groups is 1. The molecule has 6 nitrogen and oxygen atoms in total. The van der Waals surface area contributed by atoms with Crippen LogP contribution in [-0.2, 0) is 19.1 Å². The Morgan fingerprint density at radius 1 is 1.20 bits per heavy atom. The molecule has 0 bridgehead atoms. The van der Waals surface area contributed by atoms with Gasteiger partial charge in [-0.3, -0.25) is 9.59 Å². The Morgan fingerprint density at radius 2 is 1.85 bits per heavy atom. The third-order valence-corrected chi connectivity index (χ3v) is 2.77. The minimum atomic E-state index is -0.367. The molecular weight excluding hydrogens is 262 g/mol. The van der Waals surface area contributed by atoms with Crippen molar-refractivity contribution in [2.45, 2.75) is 27.2 Å². The molecule has 1 N–H and O–H groups in total. The number of hydrogen-bond donors (Lipinski definition) is 1. The van der Waals surface area contributed by atoms with Crippen LogP contribution in [-0.4, -0.2) is 61.9 Å². The van der Waals surface area contributed by atoms with Crippen LogP contribution in [0.1, 0.15) is 27.2 Å². The van der Waals surface area contributed by atoms with Crippen molar-refractivity contribution in [3.8, 4) is 0 Å². The molecule has 6 heteroatoms. The Bertz CT molecular complexity index is 293. The molecule has 0 saturated carbocycles. The second-order valence-corrected chi connectivity index (χ2v) is 5.20. The predicted molar refractivity (Wildman–Crippen MR) is 75.1 cm³/mol. The summed E-state index contributed by atoms with van der Waals surface area (Å²) in [5.74, 6) is -0.433. The highest BCUT2D eigenvalue weighted by Crippen LogP contribution is 2.08. The van der Waals surface area contributed by atoms with Gasteiger partial charge < -0.3 is 19.5 Å². The van der Waals surface area contributed by atoms with Crippen molar-refractivity contribution in [3.05, 3.63) is 0 Å². The van der Waals surface area contributed by atoms with E-state index in [1.54, 1.807) is 11.8 Å². The number of methoxy groups -OCH3 is 1. The number of hydrogen-bond acceptors (Lipinski definition) is 5. The van der Waals surface area contributed by atoms with Crippen LogP contribution in [0, 0.1) is 11.8 Å². The van der Waals surface area contributed by atoms with Crippen LogP contribution in [0.4, 0.5) is 0 Å². The third kappa shape index (κ3) is 8.12. The molecule has 1 amide bonds. The summed E-state index contributed by atoms with van der Waals surface area (Å²) in [4.78, 5) is 25.2. The molecule has 20 heavy (non-hydrogen) atoms. The average molecular weight is 289 g/mol. The fourth-order valence-corrected chi connectivity index (χ4v) is 1.74. The van der Waals surface area contributed by atoms with E-state index < -0.39 is 0 Å². The zero-order valence-electron chi connectivity index (χ0n) is 12.9. The van der Waals surface area contributed by atoms with Gasteiger partial charge in [0, 0.05) is 19.5 Å². The zero-order valence-corrected chi connectivity index (χ0v) is 12.9. The number of amides is 1. The van der Waals surface area contributed by atoms with Crippen LogP contribution >= 0.6 is 0 Å². The number of rotatable bonds is 10. The number of carbonyl (C=O) groups excluding carboxylic acids is 2. The summed E-state index contributed by atoms with van der Waals surface area (Å²) in [6.45, 7) is 6.96. The summed E-state index contributed by atoms with van der Waals surface area (Å²) in [6.07, 6.45) is 0.438. The second kappa shape index (κ2) is 10.6. The van der Waals surface area contributed by atoms with Gasteiger partial charge in [-0.2, -0.15) is 0 Å². The van der Waals surface area contributed by atoms with Crippen LogP contribution in [0.15, 0.2) is 0 Å². The van der Waals surface area contributed by atoms with E-state index >= 15 is 0 Å². The van der Waals surface area contributed by atoms with Crippen LogP contribution in [0.3, 0.4) is 0 Å². The van der Waals surface area contributed by atoms with Crippen molar-refractivity contribution >= 4 is 11.9 Å². The highest BCUT2D eigenvalue weighted by molar-refractivity contribution is 5.78. The van der Waals surface area contributed by atoms with Gasteiger partial charge >= 0.3 is 5.97 Å². The molecule has 0 radical (unpaired) electrons. The minimum absolute atomic E-state index is 0.00310. The number of carbonyl (C=O) groups is 2. The smallest absolute Gasteiger partial charge is 0.310 e. The maximum absolute atomic E-state index is 12.1. The first kappa shape index (κ1) is 18.9. The molecular formula is C14H27NO5. The lowest BCUT2D eigenvalue weighted by Crippen LogP contribution is -2.39. The van der Waals surface area contributed by atoms with Crippen molar-refractivity contribution < 1.29 is 24.2 Å². The van der Waals surface area contributed by atoms with Crippen LogP contribution in [0.2, 0.25) is 0 Å². The molecule has 0 fully saturated rings. The van der Waals surface area contributed by atoms with Crippen molar-refractivity contribution in [1.82, 2.24) is 4.90 Å². The standard InChI is InChI=1S/C14H27NO5/c1-11(2)9-13(17)15(5-7-20-8-6-16)10-12(3)14(18)19-4/h11-12,16H,5-10H2,1-4H3. The monoisotopic (exact) mass is 289 g/mol. The highest BCUT2D eigenvalue weighted by Gasteiger charge is 2.21. The molecule has 0 spiro atoms. The Morgan fingerprint density at radius 3 is 2.35 bits per heavy atom. The van der Waals surface area contributed by atoms with Gasteiger partial charge in [-0.25, -0.2) is 0 Å². The molecule has 0 aliphatic rings. The van der Waals surface area contributed by atoms with Crippen molar-refractivity contribution in [1.29, 1.82) is 0 Å². The van der Waals surface area contributed by atoms with Crippen molar-refractivity contribution in [2.75, 3.05) is 40.0 Å². The Balaban J connectivity index is 4.44. The first-order valence-corrected chi connectivity index (χ1v) is 6.96. The largest absolute Gasteiger partial charge is 0.469 e. The number of esters is 1. The quantitative estimate of drug-likeness (QED) is 0.473. The van der Waals surface area contributed by atoms with Gasteiger partial charge in [0.1, 0.15) is 0 Å². The molecule has 118 valence electrons. The predicted octanol–water partition coefficient (Wildman–Crippen LogP) is 0.679. The summed E-state index contributed by atoms with van der Waals surface area (Å²) < 4.78 is 9.85. The van der Waals surface area contributed by atoms with E-state index in [0.717, 1.165) is 0 Å². The molecule has 0 aliphatic heterocycles. The summed E-state index contributed by atoms with van der Waals surface area (Å²) in [5.41, 5.74) is 0. The van der Waals surface area contributed by atoms with Crippen LogP contribution in [0.5, 0.6) is 0 Å². The summed E-state index contributed by atoms with van der Waals surface area (Å²) in [6, 6.07) is 0. The van der Waals surface area contributed by atoms with E-state index in [-0.39, 0.29) is 36.9 Å². The third-order valence-electron chi connectivity index (χ3n) is 2.77. The molecule has 0 heterocycles. The van der Waals surface area contributed by atoms with Gasteiger partial charge in [0.15, 0.2) is 0 Å². The molecule has 0 rings (SSSR count). The summed E-state index contributed by atoms with van der Waals surface area (Å²) in [7, 11) is 1.34. The lowest BCUT2D eigenvalue weighted by atomic mass is 10.1. The van der Waals surface area contributed by atoms with Gasteiger partial charge in [-0.05, 0) is 5.92 Å². The lowest BCUT2D eigenvalue weighted by molar-refractivity contribution is -0.146.